The summed E-state index contributed by atoms with van der Waals surface area (Å²) in [5.74, 6) is 7.86. The second-order valence-corrected chi connectivity index (χ2v) is 23.9. The summed E-state index contributed by atoms with van der Waals surface area (Å²) in [5, 5.41) is 0. The van der Waals surface area contributed by atoms with Gasteiger partial charge in [-0.25, -0.2) is 0 Å². The van der Waals surface area contributed by atoms with E-state index in [1.54, 1.807) is 18.4 Å². The number of hydrogen-bond donors (Lipinski definition) is 0. The van der Waals surface area contributed by atoms with Crippen LogP contribution in [0.4, 0.5) is 0 Å². The van der Waals surface area contributed by atoms with Crippen molar-refractivity contribution in [3.05, 3.63) is 63.4 Å². The van der Waals surface area contributed by atoms with Gasteiger partial charge in [-0.3, -0.25) is 0 Å². The maximum absolute atomic E-state index is 4.93. The molecule has 238 valence electrons. The second-order valence-electron chi connectivity index (χ2n) is 15.0. The van der Waals surface area contributed by atoms with Gasteiger partial charge in [0.25, 0.3) is 0 Å². The summed E-state index contributed by atoms with van der Waals surface area (Å²) < 4.78 is 0. The Morgan fingerprint density at radius 3 is 1.69 bits per heavy atom. The molecule has 1 aromatic carbocycles. The summed E-state index contributed by atoms with van der Waals surface area (Å²) in [6.07, 6.45) is 22.0. The summed E-state index contributed by atoms with van der Waals surface area (Å²) in [7, 11) is 8.54. The summed E-state index contributed by atoms with van der Waals surface area (Å²) in [6.45, 7) is 12.5. The van der Waals surface area contributed by atoms with Crippen LogP contribution in [0, 0.1) is 62.2 Å². The van der Waals surface area contributed by atoms with Crippen LogP contribution in [0.5, 0.6) is 0 Å². The van der Waals surface area contributed by atoms with Crippen molar-refractivity contribution in [3.63, 3.8) is 0 Å². The van der Waals surface area contributed by atoms with Crippen LogP contribution in [-0.4, -0.2) is 8.07 Å². The number of rotatable bonds is 6. The van der Waals surface area contributed by atoms with E-state index in [9.17, 15) is 0 Å². The van der Waals surface area contributed by atoms with Gasteiger partial charge in [-0.1, -0.05) is 109 Å². The molecule has 0 saturated heterocycles. The molecule has 5 fully saturated rings. The van der Waals surface area contributed by atoms with Crippen molar-refractivity contribution in [2.75, 3.05) is 0 Å². The third kappa shape index (κ3) is 7.28. The first kappa shape index (κ1) is 38.8. The Morgan fingerprint density at radius 2 is 1.21 bits per heavy atom. The molecular weight excluding hydrogens is 647 g/mol. The molecule has 9 unspecified atom stereocenters. The maximum atomic E-state index is 4.93. The van der Waals surface area contributed by atoms with Crippen LogP contribution < -0.4 is 0 Å². The molecule has 4 heteroatoms. The van der Waals surface area contributed by atoms with Crippen molar-refractivity contribution in [2.24, 2.45) is 47.3 Å². The monoisotopic (exact) mass is 708 g/mol. The Hall–Kier alpha value is 0.640. The van der Waals surface area contributed by atoms with E-state index in [1.807, 2.05) is 0 Å². The fourth-order valence-corrected chi connectivity index (χ4v) is 15.4. The minimum absolute atomic E-state index is 0. The molecule has 0 bridgehead atoms. The summed E-state index contributed by atoms with van der Waals surface area (Å²) in [6, 6.07) is 13.5. The molecule has 1 aromatic rings. The van der Waals surface area contributed by atoms with Crippen LogP contribution in [0.3, 0.4) is 0 Å². The van der Waals surface area contributed by atoms with Gasteiger partial charge in [0.05, 0.1) is 8.07 Å². The van der Waals surface area contributed by atoms with E-state index in [2.05, 4.69) is 63.0 Å². The summed E-state index contributed by atoms with van der Waals surface area (Å²) >= 11 is -0.826. The van der Waals surface area contributed by atoms with E-state index in [0.717, 1.165) is 52.9 Å². The standard InChI is InChI=1S/C35H54Si.CH4.2CH3.2ClH.Zr/c1-5-23-36(3,4)33-24-32(28-19-11-12-20-29(28)33)35(2,25-15-7-6-8-16-25)34-30-21-13-9-17-26(30)27-18-10-14-22-31(27)34;;;;;;/h5-8,15-16,26-34H,1,9-14,17-24H2,2-4H3;1H4;2*1H3;2*1H;/q;;2*-1;;;+4/p-2. The van der Waals surface area contributed by atoms with Crippen LogP contribution >= 0.6 is 17.0 Å². The van der Waals surface area contributed by atoms with Crippen molar-refractivity contribution in [1.29, 1.82) is 0 Å². The number of hydrogen-bond acceptors (Lipinski definition) is 0. The van der Waals surface area contributed by atoms with Gasteiger partial charge < -0.3 is 14.9 Å². The average molecular weight is 711 g/mol. The summed E-state index contributed by atoms with van der Waals surface area (Å²) in [4.78, 5) is 0. The Kier molecular flexibility index (Phi) is 15.7. The van der Waals surface area contributed by atoms with Gasteiger partial charge in [0.15, 0.2) is 0 Å². The molecular formula is C38H64Cl2SiZr. The fourth-order valence-electron chi connectivity index (χ4n) is 11.9. The zero-order valence-electron chi connectivity index (χ0n) is 27.0. The van der Waals surface area contributed by atoms with Crippen LogP contribution in [0.15, 0.2) is 43.0 Å². The first-order valence-electron chi connectivity index (χ1n) is 16.5. The molecule has 0 radical (unpaired) electrons. The third-order valence-electron chi connectivity index (χ3n) is 13.2. The predicted octanol–water partition coefficient (Wildman–Crippen LogP) is 13.2. The van der Waals surface area contributed by atoms with Crippen LogP contribution in [0.25, 0.3) is 0 Å². The zero-order chi connectivity index (χ0) is 27.6. The first-order chi connectivity index (χ1) is 18.9. The number of benzene rings is 1. The Labute approximate surface area is 282 Å². The Morgan fingerprint density at radius 1 is 0.786 bits per heavy atom. The van der Waals surface area contributed by atoms with Gasteiger partial charge in [0, 0.05) is 0 Å². The van der Waals surface area contributed by atoms with Crippen molar-refractivity contribution >= 4 is 25.1 Å². The molecule has 0 aromatic heterocycles. The van der Waals surface area contributed by atoms with E-state index in [4.69, 9.17) is 17.0 Å². The molecule has 0 N–H and O–H groups in total. The molecule has 5 saturated carbocycles. The molecule has 6 rings (SSSR count). The molecule has 0 aliphatic heterocycles. The van der Waals surface area contributed by atoms with Crippen molar-refractivity contribution in [2.45, 2.75) is 128 Å². The van der Waals surface area contributed by atoms with Gasteiger partial charge in [0.1, 0.15) is 0 Å². The number of fused-ring (bicyclic) bond motifs is 4. The van der Waals surface area contributed by atoms with Gasteiger partial charge in [0.2, 0.25) is 0 Å². The van der Waals surface area contributed by atoms with E-state index in [0.29, 0.717) is 5.41 Å². The van der Waals surface area contributed by atoms with Crippen LogP contribution in [-0.2, 0) is 26.3 Å². The van der Waals surface area contributed by atoms with Gasteiger partial charge in [-0.2, -0.15) is 0 Å². The number of allylic oxidation sites excluding steroid dienone is 1. The van der Waals surface area contributed by atoms with Crippen molar-refractivity contribution in [3.8, 4) is 0 Å². The average Bonchev–Trinajstić information content (AvgIpc) is 3.52. The molecule has 0 amide bonds. The number of halogens is 2. The van der Waals surface area contributed by atoms with Crippen LogP contribution in [0.2, 0.25) is 24.7 Å². The molecule has 0 nitrogen and oxygen atoms in total. The van der Waals surface area contributed by atoms with E-state index < -0.39 is 28.9 Å². The van der Waals surface area contributed by atoms with Gasteiger partial charge in [-0.15, -0.1) is 6.58 Å². The van der Waals surface area contributed by atoms with Crippen LogP contribution in [0.1, 0.15) is 103 Å². The van der Waals surface area contributed by atoms with Gasteiger partial charge >= 0.3 is 37.9 Å². The normalized spacial score (nSPS) is 36.4. The molecule has 5 aliphatic rings. The molecule has 0 spiro atoms. The molecule has 9 atom stereocenters. The molecule has 0 heterocycles. The van der Waals surface area contributed by atoms with Crippen molar-refractivity contribution < 1.29 is 20.8 Å². The first-order valence-corrected chi connectivity index (χ1v) is 26.1. The van der Waals surface area contributed by atoms with E-state index in [-0.39, 0.29) is 22.3 Å². The minimum atomic E-state index is -1.33. The quantitative estimate of drug-likeness (QED) is 0.157. The molecule has 42 heavy (non-hydrogen) atoms. The van der Waals surface area contributed by atoms with E-state index >= 15 is 0 Å². The Balaban J connectivity index is 0.000000987. The molecule has 5 aliphatic carbocycles. The zero-order valence-corrected chi connectivity index (χ0v) is 32.0. The topological polar surface area (TPSA) is 0 Å². The van der Waals surface area contributed by atoms with E-state index in [1.165, 1.54) is 76.7 Å². The third-order valence-corrected chi connectivity index (χ3v) is 17.2. The van der Waals surface area contributed by atoms with Gasteiger partial charge in [-0.05, 0) is 108 Å². The fraction of sp³-hybridized carbons (Fsp3) is 0.737. The predicted molar refractivity (Wildman–Crippen MR) is 189 cm³/mol. The second kappa shape index (κ2) is 17.0. The Bertz CT molecular complexity index is 914. The van der Waals surface area contributed by atoms with Crippen molar-refractivity contribution in [1.82, 2.24) is 0 Å². The SMILES string of the molecule is C.C=CC[Si](C)(C)C1CC(C(C)(c2ccccc2)C2C3CCCCC3C3CCCCC32)C2CCCCC21.[CH3-].[CH3-].[Cl][Zr+2][Cl]. The summed E-state index contributed by atoms with van der Waals surface area (Å²) in [5.41, 5.74) is 3.08.